The summed E-state index contributed by atoms with van der Waals surface area (Å²) < 4.78 is 6.50. The van der Waals surface area contributed by atoms with E-state index in [2.05, 4.69) is 23.3 Å². The number of furan rings is 1. The van der Waals surface area contributed by atoms with Crippen molar-refractivity contribution >= 4 is 32.6 Å². The van der Waals surface area contributed by atoms with Gasteiger partial charge < -0.3 is 4.42 Å². The van der Waals surface area contributed by atoms with Crippen LogP contribution in [0.3, 0.4) is 0 Å². The molecule has 4 nitrogen and oxygen atoms in total. The Hall–Kier alpha value is -2.14. The zero-order chi connectivity index (χ0) is 15.1. The average molecular weight is 300 g/mol. The van der Waals surface area contributed by atoms with Crippen LogP contribution in [-0.4, -0.2) is 10.9 Å². The molecule has 1 N–H and O–H groups in total. The maximum absolute atomic E-state index is 12.3. The number of fused-ring (bicyclic) bond motifs is 1. The molecule has 0 aliphatic rings. The molecule has 5 heteroatoms. The lowest BCUT2D eigenvalue weighted by Crippen LogP contribution is -2.11. The van der Waals surface area contributed by atoms with Gasteiger partial charge in [-0.3, -0.25) is 10.1 Å². The fourth-order valence-electron chi connectivity index (χ4n) is 2.45. The minimum Gasteiger partial charge on any atom is -0.466 e. The van der Waals surface area contributed by atoms with Crippen molar-refractivity contribution in [2.75, 3.05) is 5.32 Å². The number of aromatic nitrogens is 1. The summed E-state index contributed by atoms with van der Waals surface area (Å²) in [6.07, 6.45) is 0. The Balaban J connectivity index is 1.93. The fourth-order valence-corrected chi connectivity index (χ4v) is 3.36. The zero-order valence-corrected chi connectivity index (χ0v) is 13.2. The van der Waals surface area contributed by atoms with Crippen LogP contribution >= 0.6 is 11.3 Å². The Morgan fingerprint density at radius 3 is 2.62 bits per heavy atom. The van der Waals surface area contributed by atoms with Crippen LogP contribution in [0.4, 0.5) is 5.13 Å². The number of benzene rings is 1. The van der Waals surface area contributed by atoms with E-state index in [9.17, 15) is 4.79 Å². The fraction of sp³-hybridized carbons (Fsp3) is 0.250. The second kappa shape index (κ2) is 5.00. The molecule has 0 aliphatic carbocycles. The number of anilines is 1. The number of amides is 1. The summed E-state index contributed by atoms with van der Waals surface area (Å²) in [7, 11) is 0. The smallest absolute Gasteiger partial charge is 0.260 e. The first-order chi connectivity index (χ1) is 9.94. The van der Waals surface area contributed by atoms with E-state index in [0.29, 0.717) is 16.5 Å². The Bertz CT molecular complexity index is 845. The number of carbonyl (C=O) groups is 1. The van der Waals surface area contributed by atoms with Crippen LogP contribution in [0, 0.1) is 27.7 Å². The number of nitrogens with zero attached hydrogens (tertiary/aromatic N) is 1. The van der Waals surface area contributed by atoms with Crippen LogP contribution in [0.2, 0.25) is 0 Å². The monoisotopic (exact) mass is 300 g/mol. The normalized spacial score (nSPS) is 11.0. The van der Waals surface area contributed by atoms with Gasteiger partial charge in [0, 0.05) is 0 Å². The molecule has 1 aromatic carbocycles. The summed E-state index contributed by atoms with van der Waals surface area (Å²) in [6, 6.07) is 5.89. The molecule has 1 amide bonds. The van der Waals surface area contributed by atoms with E-state index >= 15 is 0 Å². The van der Waals surface area contributed by atoms with Crippen molar-refractivity contribution in [3.05, 3.63) is 46.4 Å². The molecule has 0 atom stereocenters. The van der Waals surface area contributed by atoms with Gasteiger partial charge in [-0.1, -0.05) is 17.4 Å². The predicted octanol–water partition coefficient (Wildman–Crippen LogP) is 4.38. The standard InChI is InChI=1S/C16H16N2O2S/c1-8-5-9(2)14-13(6-8)17-16(21-14)18-15(19)12-7-10(3)20-11(12)4/h5-7H,1-4H3,(H,17,18,19). The first kappa shape index (κ1) is 13.8. The summed E-state index contributed by atoms with van der Waals surface area (Å²) in [5.41, 5.74) is 3.83. The molecule has 0 fully saturated rings. The quantitative estimate of drug-likeness (QED) is 0.764. The highest BCUT2D eigenvalue weighted by Crippen LogP contribution is 2.30. The lowest BCUT2D eigenvalue weighted by molar-refractivity contribution is 0.102. The minimum absolute atomic E-state index is 0.183. The van der Waals surface area contributed by atoms with Crippen molar-refractivity contribution in [1.29, 1.82) is 0 Å². The Morgan fingerprint density at radius 1 is 1.19 bits per heavy atom. The van der Waals surface area contributed by atoms with E-state index in [1.807, 2.05) is 19.9 Å². The van der Waals surface area contributed by atoms with Crippen LogP contribution in [0.25, 0.3) is 10.2 Å². The van der Waals surface area contributed by atoms with Crippen LogP contribution < -0.4 is 5.32 Å². The summed E-state index contributed by atoms with van der Waals surface area (Å²) in [4.78, 5) is 16.8. The van der Waals surface area contributed by atoms with Crippen molar-refractivity contribution in [2.24, 2.45) is 0 Å². The van der Waals surface area contributed by atoms with Crippen LogP contribution in [0.5, 0.6) is 0 Å². The summed E-state index contributed by atoms with van der Waals surface area (Å²) in [6.45, 7) is 7.71. The molecular weight excluding hydrogens is 284 g/mol. The number of nitrogens with one attached hydrogen (secondary N) is 1. The topological polar surface area (TPSA) is 55.1 Å². The summed E-state index contributed by atoms with van der Waals surface area (Å²) in [5.74, 6) is 1.17. The molecule has 0 aliphatic heterocycles. The lowest BCUT2D eigenvalue weighted by Gasteiger charge is -1.98. The first-order valence-corrected chi connectivity index (χ1v) is 7.52. The van der Waals surface area contributed by atoms with Crippen molar-refractivity contribution < 1.29 is 9.21 Å². The third-order valence-electron chi connectivity index (χ3n) is 3.33. The number of aryl methyl sites for hydroxylation is 4. The molecule has 3 aromatic rings. The number of hydrogen-bond acceptors (Lipinski definition) is 4. The molecule has 0 spiro atoms. The molecule has 2 heterocycles. The molecule has 0 unspecified atom stereocenters. The van der Waals surface area contributed by atoms with Gasteiger partial charge in [0.1, 0.15) is 11.5 Å². The van der Waals surface area contributed by atoms with Gasteiger partial charge in [0.2, 0.25) is 0 Å². The van der Waals surface area contributed by atoms with Gasteiger partial charge >= 0.3 is 0 Å². The minimum atomic E-state index is -0.183. The molecule has 0 saturated carbocycles. The number of thiazole rings is 1. The van der Waals surface area contributed by atoms with E-state index in [-0.39, 0.29) is 5.91 Å². The summed E-state index contributed by atoms with van der Waals surface area (Å²) >= 11 is 1.49. The van der Waals surface area contributed by atoms with Gasteiger partial charge in [0.15, 0.2) is 5.13 Å². The molecule has 0 bridgehead atoms. The van der Waals surface area contributed by atoms with E-state index in [0.717, 1.165) is 16.0 Å². The molecule has 0 radical (unpaired) electrons. The largest absolute Gasteiger partial charge is 0.466 e. The van der Waals surface area contributed by atoms with Crippen molar-refractivity contribution in [3.8, 4) is 0 Å². The molecule has 2 aromatic heterocycles. The number of hydrogen-bond donors (Lipinski definition) is 1. The van der Waals surface area contributed by atoms with Crippen molar-refractivity contribution in [3.63, 3.8) is 0 Å². The van der Waals surface area contributed by atoms with Gasteiger partial charge in [-0.05, 0) is 51.0 Å². The van der Waals surface area contributed by atoms with Crippen LogP contribution in [-0.2, 0) is 0 Å². The highest BCUT2D eigenvalue weighted by atomic mass is 32.1. The maximum atomic E-state index is 12.3. The van der Waals surface area contributed by atoms with E-state index in [1.165, 1.54) is 22.5 Å². The summed E-state index contributed by atoms with van der Waals surface area (Å²) in [5, 5.41) is 3.47. The van der Waals surface area contributed by atoms with Gasteiger partial charge in [-0.2, -0.15) is 0 Å². The van der Waals surface area contributed by atoms with Gasteiger partial charge in [-0.25, -0.2) is 4.98 Å². The van der Waals surface area contributed by atoms with E-state index in [4.69, 9.17) is 4.42 Å². The van der Waals surface area contributed by atoms with Gasteiger partial charge in [0.05, 0.1) is 15.8 Å². The Kier molecular flexibility index (Phi) is 3.29. The Morgan fingerprint density at radius 2 is 1.95 bits per heavy atom. The molecular formula is C16H16N2O2S. The lowest BCUT2D eigenvalue weighted by atomic mass is 10.1. The zero-order valence-electron chi connectivity index (χ0n) is 12.4. The van der Waals surface area contributed by atoms with E-state index in [1.54, 1.807) is 13.0 Å². The molecule has 0 saturated heterocycles. The van der Waals surface area contributed by atoms with Gasteiger partial charge in [0.25, 0.3) is 5.91 Å². The number of rotatable bonds is 2. The maximum Gasteiger partial charge on any atom is 0.260 e. The highest BCUT2D eigenvalue weighted by Gasteiger charge is 2.16. The van der Waals surface area contributed by atoms with Crippen molar-refractivity contribution in [2.45, 2.75) is 27.7 Å². The second-order valence-electron chi connectivity index (χ2n) is 5.23. The Labute approximate surface area is 126 Å². The van der Waals surface area contributed by atoms with E-state index < -0.39 is 0 Å². The molecule has 3 rings (SSSR count). The number of carbonyl (C=O) groups excluding carboxylic acids is 1. The highest BCUT2D eigenvalue weighted by molar-refractivity contribution is 7.22. The van der Waals surface area contributed by atoms with Crippen LogP contribution in [0.15, 0.2) is 22.6 Å². The average Bonchev–Trinajstić information content (AvgIpc) is 2.92. The predicted molar refractivity (Wildman–Crippen MR) is 85.2 cm³/mol. The second-order valence-corrected chi connectivity index (χ2v) is 6.23. The van der Waals surface area contributed by atoms with Crippen LogP contribution in [0.1, 0.15) is 33.0 Å². The first-order valence-electron chi connectivity index (χ1n) is 6.70. The SMILES string of the molecule is Cc1cc(C)c2sc(NC(=O)c3cc(C)oc3C)nc2c1. The molecule has 21 heavy (non-hydrogen) atoms. The third kappa shape index (κ3) is 2.56. The molecule has 108 valence electrons. The third-order valence-corrected chi connectivity index (χ3v) is 4.45. The van der Waals surface area contributed by atoms with Gasteiger partial charge in [-0.15, -0.1) is 0 Å². The van der Waals surface area contributed by atoms with Crippen molar-refractivity contribution in [1.82, 2.24) is 4.98 Å².